The van der Waals surface area contributed by atoms with Gasteiger partial charge in [0.05, 0.1) is 0 Å². The summed E-state index contributed by atoms with van der Waals surface area (Å²) < 4.78 is 0. The number of hydrazine groups is 1. The number of rotatable bonds is 5. The minimum atomic E-state index is -0.222. The van der Waals surface area contributed by atoms with E-state index in [0.29, 0.717) is 37.8 Å². The summed E-state index contributed by atoms with van der Waals surface area (Å²) in [5.41, 5.74) is 4.73. The third-order valence-electron chi connectivity index (χ3n) is 3.38. The summed E-state index contributed by atoms with van der Waals surface area (Å²) in [5.74, 6) is 0.812. The number of amides is 3. The third kappa shape index (κ3) is 4.20. The average Bonchev–Trinajstić information content (AvgIpc) is 2.80. The van der Waals surface area contributed by atoms with Crippen molar-refractivity contribution in [2.24, 2.45) is 5.92 Å². The predicted molar refractivity (Wildman–Crippen MR) is 83.0 cm³/mol. The van der Waals surface area contributed by atoms with Crippen molar-refractivity contribution in [1.29, 1.82) is 0 Å². The molecule has 3 amide bonds. The summed E-state index contributed by atoms with van der Waals surface area (Å²) in [7, 11) is 0. The summed E-state index contributed by atoms with van der Waals surface area (Å²) in [6.45, 7) is 7.65. The molecule has 22 heavy (non-hydrogen) atoms. The van der Waals surface area contributed by atoms with Gasteiger partial charge in [-0.2, -0.15) is 5.10 Å². The van der Waals surface area contributed by atoms with E-state index in [1.807, 2.05) is 25.8 Å². The zero-order valence-electron chi connectivity index (χ0n) is 13.3. The standard InChI is InChI=1S/C14H24N6O2/c1-4-15-14(22)19-20-6-5-11-10(8-20)13(18-17-11)16-12(21)7-9(2)3/h9H,4-8H2,1-3H3,(H2,15,19,22)(H2,16,17,18,21). The highest BCUT2D eigenvalue weighted by molar-refractivity contribution is 5.90. The van der Waals surface area contributed by atoms with Crippen molar-refractivity contribution in [3.05, 3.63) is 11.3 Å². The van der Waals surface area contributed by atoms with Gasteiger partial charge in [-0.05, 0) is 12.8 Å². The fraction of sp³-hybridized carbons (Fsp3) is 0.643. The molecule has 0 spiro atoms. The maximum Gasteiger partial charge on any atom is 0.329 e. The molecule has 1 aromatic rings. The first-order valence-electron chi connectivity index (χ1n) is 7.65. The molecule has 4 N–H and O–H groups in total. The highest BCUT2D eigenvalue weighted by Crippen LogP contribution is 2.23. The maximum absolute atomic E-state index is 11.9. The summed E-state index contributed by atoms with van der Waals surface area (Å²) in [6.07, 6.45) is 1.21. The topological polar surface area (TPSA) is 102 Å². The summed E-state index contributed by atoms with van der Waals surface area (Å²) >= 11 is 0. The maximum atomic E-state index is 11.9. The van der Waals surface area contributed by atoms with Crippen molar-refractivity contribution in [3.63, 3.8) is 0 Å². The van der Waals surface area contributed by atoms with Crippen molar-refractivity contribution in [2.75, 3.05) is 18.4 Å². The lowest BCUT2D eigenvalue weighted by molar-refractivity contribution is -0.116. The molecule has 0 saturated heterocycles. The van der Waals surface area contributed by atoms with E-state index in [-0.39, 0.29) is 11.9 Å². The molecule has 0 radical (unpaired) electrons. The van der Waals surface area contributed by atoms with E-state index in [1.165, 1.54) is 0 Å². The van der Waals surface area contributed by atoms with E-state index in [2.05, 4.69) is 26.3 Å². The second kappa shape index (κ2) is 7.26. The minimum absolute atomic E-state index is 0.0434. The Balaban J connectivity index is 1.99. The first-order valence-corrected chi connectivity index (χ1v) is 7.65. The molecule has 0 saturated carbocycles. The van der Waals surface area contributed by atoms with Crippen LogP contribution in [0.3, 0.4) is 0 Å². The van der Waals surface area contributed by atoms with Gasteiger partial charge < -0.3 is 10.6 Å². The Morgan fingerprint density at radius 2 is 2.18 bits per heavy atom. The lowest BCUT2D eigenvalue weighted by atomic mass is 10.1. The van der Waals surface area contributed by atoms with E-state index >= 15 is 0 Å². The molecular weight excluding hydrogens is 284 g/mol. The molecule has 0 atom stereocenters. The number of anilines is 1. The normalized spacial score (nSPS) is 14.5. The van der Waals surface area contributed by atoms with Crippen LogP contribution in [0.5, 0.6) is 0 Å². The Morgan fingerprint density at radius 3 is 2.86 bits per heavy atom. The van der Waals surface area contributed by atoms with Crippen LogP contribution in [0.25, 0.3) is 0 Å². The number of aromatic amines is 1. The Bertz CT molecular complexity index is 539. The van der Waals surface area contributed by atoms with Gasteiger partial charge in [-0.15, -0.1) is 0 Å². The van der Waals surface area contributed by atoms with Crippen LogP contribution in [0.2, 0.25) is 0 Å². The van der Waals surface area contributed by atoms with Crippen LogP contribution in [0.15, 0.2) is 0 Å². The molecule has 0 fully saturated rings. The van der Waals surface area contributed by atoms with Gasteiger partial charge >= 0.3 is 6.03 Å². The van der Waals surface area contributed by atoms with Crippen LogP contribution in [0, 0.1) is 5.92 Å². The zero-order valence-corrected chi connectivity index (χ0v) is 13.3. The van der Waals surface area contributed by atoms with Gasteiger partial charge in [0.15, 0.2) is 5.82 Å². The zero-order chi connectivity index (χ0) is 16.1. The summed E-state index contributed by atoms with van der Waals surface area (Å²) in [4.78, 5) is 23.5. The summed E-state index contributed by atoms with van der Waals surface area (Å²) in [6, 6.07) is -0.222. The number of carbonyl (C=O) groups excluding carboxylic acids is 2. The predicted octanol–water partition coefficient (Wildman–Crippen LogP) is 0.986. The van der Waals surface area contributed by atoms with Crippen molar-refractivity contribution >= 4 is 17.8 Å². The number of hydrogen-bond acceptors (Lipinski definition) is 4. The lowest BCUT2D eigenvalue weighted by Crippen LogP contribution is -2.49. The molecule has 1 aromatic heterocycles. The van der Waals surface area contributed by atoms with Crippen LogP contribution in [-0.4, -0.2) is 40.2 Å². The molecule has 1 aliphatic heterocycles. The first kappa shape index (κ1) is 16.3. The number of H-pyrrole nitrogens is 1. The molecule has 0 bridgehead atoms. The molecule has 8 heteroatoms. The number of hydrogen-bond donors (Lipinski definition) is 4. The third-order valence-corrected chi connectivity index (χ3v) is 3.38. The largest absolute Gasteiger partial charge is 0.337 e. The number of nitrogens with one attached hydrogen (secondary N) is 4. The van der Waals surface area contributed by atoms with Gasteiger partial charge in [0.1, 0.15) is 0 Å². The molecule has 1 aliphatic rings. The first-order chi connectivity index (χ1) is 10.5. The van der Waals surface area contributed by atoms with Crippen LogP contribution in [0.1, 0.15) is 38.4 Å². The van der Waals surface area contributed by atoms with E-state index in [4.69, 9.17) is 0 Å². The highest BCUT2D eigenvalue weighted by atomic mass is 16.2. The fourth-order valence-corrected chi connectivity index (χ4v) is 2.39. The molecule has 0 unspecified atom stereocenters. The highest BCUT2D eigenvalue weighted by Gasteiger charge is 2.24. The van der Waals surface area contributed by atoms with Gasteiger partial charge in [-0.25, -0.2) is 9.80 Å². The fourth-order valence-electron chi connectivity index (χ4n) is 2.39. The van der Waals surface area contributed by atoms with Crippen molar-refractivity contribution < 1.29 is 9.59 Å². The van der Waals surface area contributed by atoms with Crippen LogP contribution in [-0.2, 0) is 17.8 Å². The molecule has 0 aliphatic carbocycles. The quantitative estimate of drug-likeness (QED) is 0.651. The van der Waals surface area contributed by atoms with Gasteiger partial charge in [-0.1, -0.05) is 13.8 Å². The van der Waals surface area contributed by atoms with Gasteiger partial charge in [0, 0.05) is 43.7 Å². The molecule has 8 nitrogen and oxygen atoms in total. The molecule has 2 rings (SSSR count). The number of urea groups is 1. The smallest absolute Gasteiger partial charge is 0.329 e. The van der Waals surface area contributed by atoms with Crippen LogP contribution >= 0.6 is 0 Å². The van der Waals surface area contributed by atoms with Crippen molar-refractivity contribution in [2.45, 2.75) is 40.2 Å². The van der Waals surface area contributed by atoms with Crippen molar-refractivity contribution in [1.82, 2.24) is 25.9 Å². The van der Waals surface area contributed by atoms with Crippen LogP contribution in [0.4, 0.5) is 10.6 Å². The lowest BCUT2D eigenvalue weighted by Gasteiger charge is -2.27. The Kier molecular flexibility index (Phi) is 5.37. The van der Waals surface area contributed by atoms with E-state index < -0.39 is 0 Å². The molecule has 2 heterocycles. The molecule has 122 valence electrons. The van der Waals surface area contributed by atoms with E-state index in [1.54, 1.807) is 0 Å². The number of aromatic nitrogens is 2. The Morgan fingerprint density at radius 1 is 1.41 bits per heavy atom. The van der Waals surface area contributed by atoms with Gasteiger partial charge in [0.25, 0.3) is 0 Å². The Hall–Kier alpha value is -2.09. The summed E-state index contributed by atoms with van der Waals surface area (Å²) in [5, 5.41) is 14.5. The molecular formula is C14H24N6O2. The van der Waals surface area contributed by atoms with Crippen LogP contribution < -0.4 is 16.1 Å². The number of carbonyl (C=O) groups is 2. The second-order valence-electron chi connectivity index (χ2n) is 5.82. The van der Waals surface area contributed by atoms with E-state index in [9.17, 15) is 9.59 Å². The Labute approximate surface area is 130 Å². The second-order valence-corrected chi connectivity index (χ2v) is 5.82. The number of fused-ring (bicyclic) bond motifs is 1. The van der Waals surface area contributed by atoms with Gasteiger partial charge in [-0.3, -0.25) is 15.3 Å². The minimum Gasteiger partial charge on any atom is -0.337 e. The SMILES string of the molecule is CCNC(=O)NN1CCc2[nH]nc(NC(=O)CC(C)C)c2C1. The van der Waals surface area contributed by atoms with E-state index in [0.717, 1.165) is 17.7 Å². The average molecular weight is 308 g/mol. The monoisotopic (exact) mass is 308 g/mol. The van der Waals surface area contributed by atoms with Gasteiger partial charge in [0.2, 0.25) is 5.91 Å². The van der Waals surface area contributed by atoms with Crippen molar-refractivity contribution in [3.8, 4) is 0 Å². The molecule has 0 aromatic carbocycles. The number of nitrogens with zero attached hydrogens (tertiary/aromatic N) is 2.